The van der Waals surface area contributed by atoms with Crippen LogP contribution in [-0.2, 0) is 14.3 Å². The third-order valence-corrected chi connectivity index (χ3v) is 2.18. The highest BCUT2D eigenvalue weighted by Gasteiger charge is 2.22. The van der Waals surface area contributed by atoms with Crippen LogP contribution < -0.4 is 10.6 Å². The molecule has 1 amide bonds. The summed E-state index contributed by atoms with van der Waals surface area (Å²) < 4.78 is 10.3. The van der Waals surface area contributed by atoms with Crippen LogP contribution in [0.2, 0.25) is 0 Å². The summed E-state index contributed by atoms with van der Waals surface area (Å²) in [6.07, 6.45) is 0.196. The summed E-state index contributed by atoms with van der Waals surface area (Å²) in [4.78, 5) is 11.5. The molecule has 1 rings (SSSR count). The summed E-state index contributed by atoms with van der Waals surface area (Å²) in [5.74, 6) is -0.0936. The van der Waals surface area contributed by atoms with Crippen LogP contribution in [0.15, 0.2) is 0 Å². The van der Waals surface area contributed by atoms with Crippen molar-refractivity contribution in [2.45, 2.75) is 25.5 Å². The number of hydrogen-bond donors (Lipinski definition) is 2. The smallest absolute Gasteiger partial charge is 0.246 e. The van der Waals surface area contributed by atoms with Crippen LogP contribution in [0.5, 0.6) is 0 Å². The van der Waals surface area contributed by atoms with Gasteiger partial charge in [-0.1, -0.05) is 0 Å². The minimum absolute atomic E-state index is 0.0936. The predicted octanol–water partition coefficient (Wildman–Crippen LogP) is -0.484. The maximum Gasteiger partial charge on any atom is 0.246 e. The number of carbonyl (C=O) groups is 1. The molecule has 0 spiro atoms. The molecule has 88 valence electrons. The zero-order chi connectivity index (χ0) is 11.3. The lowest BCUT2D eigenvalue weighted by atomic mass is 10.1. The van der Waals surface area contributed by atoms with Gasteiger partial charge in [-0.25, -0.2) is 0 Å². The Kier molecular flexibility index (Phi) is 4.50. The fraction of sp³-hybridized carbons (Fsp3) is 0.900. The summed E-state index contributed by atoms with van der Waals surface area (Å²) in [5, 5.41) is 5.93. The molecule has 0 aromatic carbocycles. The zero-order valence-electron chi connectivity index (χ0n) is 9.63. The molecule has 0 radical (unpaired) electrons. The molecule has 0 saturated carbocycles. The Morgan fingerprint density at radius 2 is 2.20 bits per heavy atom. The first-order valence-electron chi connectivity index (χ1n) is 5.16. The first-order valence-corrected chi connectivity index (χ1v) is 5.16. The van der Waals surface area contributed by atoms with E-state index in [-0.39, 0.29) is 24.2 Å². The standard InChI is InChI=1S/C10H20N2O3/c1-10(2,7-14-3)12-9(13)6-15-8-4-11-5-8/h8,11H,4-7H2,1-3H3,(H,12,13). The highest BCUT2D eigenvalue weighted by Crippen LogP contribution is 2.02. The van der Waals surface area contributed by atoms with Gasteiger partial charge in [-0.05, 0) is 13.8 Å². The number of hydrogen-bond acceptors (Lipinski definition) is 4. The summed E-state index contributed by atoms with van der Waals surface area (Å²) in [7, 11) is 1.62. The number of methoxy groups -OCH3 is 1. The van der Waals surface area contributed by atoms with Gasteiger partial charge in [-0.2, -0.15) is 0 Å². The maximum atomic E-state index is 11.5. The van der Waals surface area contributed by atoms with E-state index in [1.165, 1.54) is 0 Å². The van der Waals surface area contributed by atoms with Gasteiger partial charge in [0.2, 0.25) is 5.91 Å². The number of amides is 1. The Morgan fingerprint density at radius 1 is 1.53 bits per heavy atom. The van der Waals surface area contributed by atoms with Crippen LogP contribution in [-0.4, -0.2) is 51.0 Å². The number of carbonyl (C=O) groups excluding carboxylic acids is 1. The molecular weight excluding hydrogens is 196 g/mol. The topological polar surface area (TPSA) is 59.6 Å². The summed E-state index contributed by atoms with van der Waals surface area (Å²) >= 11 is 0. The number of nitrogens with one attached hydrogen (secondary N) is 2. The fourth-order valence-corrected chi connectivity index (χ4v) is 1.38. The predicted molar refractivity (Wildman–Crippen MR) is 56.7 cm³/mol. The summed E-state index contributed by atoms with van der Waals surface area (Å²) in [5.41, 5.74) is -0.340. The van der Waals surface area contributed by atoms with Crippen LogP contribution >= 0.6 is 0 Å². The lowest BCUT2D eigenvalue weighted by Crippen LogP contribution is -2.52. The van der Waals surface area contributed by atoms with E-state index in [0.29, 0.717) is 6.61 Å². The Bertz CT molecular complexity index is 215. The molecule has 0 unspecified atom stereocenters. The Labute approximate surface area is 90.5 Å². The minimum atomic E-state index is -0.340. The van der Waals surface area contributed by atoms with Gasteiger partial charge >= 0.3 is 0 Å². The Morgan fingerprint density at radius 3 is 2.67 bits per heavy atom. The minimum Gasteiger partial charge on any atom is -0.382 e. The molecule has 1 heterocycles. The second-order valence-corrected chi connectivity index (χ2v) is 4.46. The van der Waals surface area contributed by atoms with Gasteiger partial charge < -0.3 is 20.1 Å². The van der Waals surface area contributed by atoms with Gasteiger partial charge in [0.1, 0.15) is 6.61 Å². The third kappa shape index (κ3) is 4.59. The van der Waals surface area contributed by atoms with Gasteiger partial charge in [-0.15, -0.1) is 0 Å². The quantitative estimate of drug-likeness (QED) is 0.629. The molecule has 1 aliphatic rings. The van der Waals surface area contributed by atoms with E-state index in [9.17, 15) is 4.79 Å². The highest BCUT2D eigenvalue weighted by molar-refractivity contribution is 5.78. The van der Waals surface area contributed by atoms with Gasteiger partial charge in [0.05, 0.1) is 18.2 Å². The summed E-state index contributed by atoms with van der Waals surface area (Å²) in [6.45, 7) is 6.13. The zero-order valence-corrected chi connectivity index (χ0v) is 9.63. The molecular formula is C10H20N2O3. The van der Waals surface area contributed by atoms with Crippen LogP contribution in [0.3, 0.4) is 0 Å². The first kappa shape index (κ1) is 12.4. The molecule has 0 aromatic heterocycles. The van der Waals surface area contributed by atoms with Crippen molar-refractivity contribution in [1.82, 2.24) is 10.6 Å². The SMILES string of the molecule is COCC(C)(C)NC(=O)COC1CNC1. The first-order chi connectivity index (χ1) is 7.03. The molecule has 5 heteroatoms. The molecule has 15 heavy (non-hydrogen) atoms. The van der Waals surface area contributed by atoms with Crippen molar-refractivity contribution in [3.05, 3.63) is 0 Å². The van der Waals surface area contributed by atoms with E-state index >= 15 is 0 Å². The van der Waals surface area contributed by atoms with Crippen molar-refractivity contribution >= 4 is 5.91 Å². The van der Waals surface area contributed by atoms with Crippen molar-refractivity contribution in [2.24, 2.45) is 0 Å². The van der Waals surface area contributed by atoms with Crippen molar-refractivity contribution < 1.29 is 14.3 Å². The van der Waals surface area contributed by atoms with E-state index in [4.69, 9.17) is 9.47 Å². The van der Waals surface area contributed by atoms with E-state index < -0.39 is 0 Å². The largest absolute Gasteiger partial charge is 0.382 e. The van der Waals surface area contributed by atoms with Gasteiger partial charge in [0.15, 0.2) is 0 Å². The molecule has 0 atom stereocenters. The van der Waals surface area contributed by atoms with Crippen LogP contribution in [0.4, 0.5) is 0 Å². The second-order valence-electron chi connectivity index (χ2n) is 4.46. The normalized spacial score (nSPS) is 17.3. The van der Waals surface area contributed by atoms with E-state index in [0.717, 1.165) is 13.1 Å². The van der Waals surface area contributed by atoms with Gasteiger partial charge in [0, 0.05) is 20.2 Å². The summed E-state index contributed by atoms with van der Waals surface area (Å²) in [6, 6.07) is 0. The maximum absolute atomic E-state index is 11.5. The van der Waals surface area contributed by atoms with Crippen molar-refractivity contribution in [3.8, 4) is 0 Å². The number of ether oxygens (including phenoxy) is 2. The fourth-order valence-electron chi connectivity index (χ4n) is 1.38. The molecule has 0 aromatic rings. The third-order valence-electron chi connectivity index (χ3n) is 2.18. The molecule has 0 aliphatic carbocycles. The van der Waals surface area contributed by atoms with Crippen molar-refractivity contribution in [2.75, 3.05) is 33.4 Å². The van der Waals surface area contributed by atoms with Crippen molar-refractivity contribution in [3.63, 3.8) is 0 Å². The molecule has 1 saturated heterocycles. The number of rotatable bonds is 6. The van der Waals surface area contributed by atoms with Crippen LogP contribution in [0, 0.1) is 0 Å². The average Bonchev–Trinajstić information content (AvgIpc) is 1.99. The van der Waals surface area contributed by atoms with Crippen LogP contribution in [0.1, 0.15) is 13.8 Å². The second kappa shape index (κ2) is 5.44. The van der Waals surface area contributed by atoms with Crippen LogP contribution in [0.25, 0.3) is 0 Å². The van der Waals surface area contributed by atoms with Gasteiger partial charge in [0.25, 0.3) is 0 Å². The molecule has 5 nitrogen and oxygen atoms in total. The monoisotopic (exact) mass is 216 g/mol. The average molecular weight is 216 g/mol. The molecule has 0 bridgehead atoms. The molecule has 1 aliphatic heterocycles. The van der Waals surface area contributed by atoms with E-state index in [2.05, 4.69) is 10.6 Å². The Hall–Kier alpha value is -0.650. The lowest BCUT2D eigenvalue weighted by molar-refractivity contribution is -0.130. The molecule has 2 N–H and O–H groups in total. The lowest BCUT2D eigenvalue weighted by Gasteiger charge is -2.29. The van der Waals surface area contributed by atoms with E-state index in [1.807, 2.05) is 13.8 Å². The Balaban J connectivity index is 2.16. The van der Waals surface area contributed by atoms with Gasteiger partial charge in [-0.3, -0.25) is 4.79 Å². The van der Waals surface area contributed by atoms with Crippen molar-refractivity contribution in [1.29, 1.82) is 0 Å². The highest BCUT2D eigenvalue weighted by atomic mass is 16.5. The molecule has 1 fully saturated rings. The van der Waals surface area contributed by atoms with E-state index in [1.54, 1.807) is 7.11 Å².